The van der Waals surface area contributed by atoms with Crippen molar-refractivity contribution < 1.29 is 51.5 Å². The standard InChI is InChI=1S/C69H75F3N12O8/c70-69(71,72)67(91)92-68(46-22-28-49(29-23-46)79-64(88)58(19-7-10-34-73)82-61(85)37-43-40-76-55-16-4-1-13-52(43)55,47-24-30-50(31-25-47)80-65(89)59(20-8-11-35-74)83-62(86)38-44-41-77-56-17-5-2-14-53(44)56)48-26-32-51(33-27-48)81-66(90)60(21-9-12-36-75)84-63(87)39-45-42-78-57-18-6-3-15-54(45)57/h1-6,13-18,22-33,40-42,58-60,76-78H,7-12,19-21,34-39,73-75H2,(H,79,88)(H,80,89)(H,81,90)(H,82,85)(H,83,86)(H,84,87)/t58-,59-,60-/m1/s1. The number of carbonyl (C=O) groups excluding carboxylic acids is 7. The van der Waals surface area contributed by atoms with Crippen molar-refractivity contribution in [2.75, 3.05) is 35.6 Å². The molecule has 0 saturated carbocycles. The zero-order valence-corrected chi connectivity index (χ0v) is 50.6. The van der Waals surface area contributed by atoms with Gasteiger partial charge in [0, 0.05) is 85.1 Å². The van der Waals surface area contributed by atoms with Crippen LogP contribution in [0.4, 0.5) is 30.2 Å². The van der Waals surface area contributed by atoms with E-state index in [1.807, 2.05) is 72.8 Å². The second-order valence-corrected chi connectivity index (χ2v) is 22.6. The molecule has 6 aromatic carbocycles. The predicted octanol–water partition coefficient (Wildman–Crippen LogP) is 8.91. The Morgan fingerprint density at radius 3 is 0.957 bits per heavy atom. The number of rotatable bonds is 31. The largest absolute Gasteiger partial charge is 0.490 e. The number of hydrogen-bond acceptors (Lipinski definition) is 11. The van der Waals surface area contributed by atoms with Crippen LogP contribution in [0.1, 0.15) is 91.2 Å². The summed E-state index contributed by atoms with van der Waals surface area (Å²) >= 11 is 0. The monoisotopic (exact) mass is 1260 g/mol. The molecule has 92 heavy (non-hydrogen) atoms. The average molecular weight is 1260 g/mol. The third-order valence-corrected chi connectivity index (χ3v) is 16.0. The zero-order chi connectivity index (χ0) is 65.2. The van der Waals surface area contributed by atoms with Gasteiger partial charge in [-0.2, -0.15) is 13.2 Å². The van der Waals surface area contributed by atoms with E-state index in [2.05, 4.69) is 46.9 Å². The minimum Gasteiger partial charge on any atom is -0.438 e. The van der Waals surface area contributed by atoms with Gasteiger partial charge in [-0.25, -0.2) is 4.79 Å². The van der Waals surface area contributed by atoms with Crippen LogP contribution in [-0.2, 0) is 63.2 Å². The summed E-state index contributed by atoms with van der Waals surface area (Å²) in [4.78, 5) is 106. The average Bonchev–Trinajstić information content (AvgIpc) is 1.02. The molecule has 0 fully saturated rings. The molecule has 0 spiro atoms. The van der Waals surface area contributed by atoms with Crippen molar-refractivity contribution in [2.24, 2.45) is 17.2 Å². The van der Waals surface area contributed by atoms with Gasteiger partial charge in [-0.15, -0.1) is 0 Å². The molecule has 9 aromatic rings. The van der Waals surface area contributed by atoms with E-state index in [4.69, 9.17) is 21.9 Å². The van der Waals surface area contributed by atoms with Gasteiger partial charge in [-0.3, -0.25) is 28.8 Å². The summed E-state index contributed by atoms with van der Waals surface area (Å²) < 4.78 is 50.1. The highest BCUT2D eigenvalue weighted by Crippen LogP contribution is 2.43. The lowest BCUT2D eigenvalue weighted by Crippen LogP contribution is -2.44. The molecule has 0 aliphatic carbocycles. The molecule has 15 N–H and O–H groups in total. The highest BCUT2D eigenvalue weighted by molar-refractivity contribution is 6.00. The Morgan fingerprint density at radius 2 is 0.685 bits per heavy atom. The molecule has 0 aliphatic heterocycles. The maximum absolute atomic E-state index is 14.8. The fourth-order valence-electron chi connectivity index (χ4n) is 11.3. The van der Waals surface area contributed by atoms with E-state index in [0.717, 1.165) is 49.4 Å². The number of nitrogens with one attached hydrogen (secondary N) is 9. The van der Waals surface area contributed by atoms with E-state index in [0.29, 0.717) is 58.2 Å². The van der Waals surface area contributed by atoms with E-state index >= 15 is 0 Å². The first-order chi connectivity index (χ1) is 44.5. The number of amides is 6. The number of hydrogen-bond donors (Lipinski definition) is 12. The molecule has 23 heteroatoms. The lowest BCUT2D eigenvalue weighted by Gasteiger charge is -2.36. The van der Waals surface area contributed by atoms with Gasteiger partial charge in [0.05, 0.1) is 19.3 Å². The summed E-state index contributed by atoms with van der Waals surface area (Å²) in [5.41, 5.74) is 20.0. The maximum atomic E-state index is 14.8. The van der Waals surface area contributed by atoms with Crippen LogP contribution in [0.5, 0.6) is 0 Å². The minimum atomic E-state index is -5.53. The number of esters is 1. The number of unbranched alkanes of at least 4 members (excludes halogenated alkanes) is 3. The van der Waals surface area contributed by atoms with Crippen molar-refractivity contribution in [3.05, 3.63) is 198 Å². The van der Waals surface area contributed by atoms with Gasteiger partial charge < -0.3 is 68.8 Å². The Bertz CT molecular complexity index is 3630. The Labute approximate surface area is 528 Å². The molecular weight excluding hydrogens is 1180 g/mol. The van der Waals surface area contributed by atoms with Gasteiger partial charge >= 0.3 is 12.1 Å². The van der Waals surface area contributed by atoms with Gasteiger partial charge in [0.1, 0.15) is 18.1 Å². The number of H-pyrrole nitrogens is 3. The molecule has 6 amide bonds. The number of nitrogens with two attached hydrogens (primary N) is 3. The van der Waals surface area contributed by atoms with Gasteiger partial charge in [0.15, 0.2) is 5.60 Å². The molecule has 20 nitrogen and oxygen atoms in total. The van der Waals surface area contributed by atoms with Crippen LogP contribution in [0, 0.1) is 0 Å². The van der Waals surface area contributed by atoms with Crippen molar-refractivity contribution in [3.63, 3.8) is 0 Å². The lowest BCUT2D eigenvalue weighted by molar-refractivity contribution is -0.209. The maximum Gasteiger partial charge on any atom is 0.490 e. The number of para-hydroxylation sites is 3. The Morgan fingerprint density at radius 1 is 0.402 bits per heavy atom. The SMILES string of the molecule is NCCCC[C@@H](NC(=O)Cc1c[nH]c2ccccc12)C(=O)Nc1ccc(C(OC(=O)C(F)(F)F)(c2ccc(NC(=O)[C@@H](CCCCN)NC(=O)Cc3c[nH]c4ccccc34)cc2)c2ccc(NC(=O)[C@@H](CCCCN)NC(=O)Cc3c[nH]c4ccccc34)cc2)cc1. The number of alkyl halides is 3. The van der Waals surface area contributed by atoms with Gasteiger partial charge in [0.2, 0.25) is 35.4 Å². The van der Waals surface area contributed by atoms with E-state index < -0.39 is 71.3 Å². The molecule has 0 bridgehead atoms. The molecule has 9 rings (SSSR count). The van der Waals surface area contributed by atoms with E-state index in [1.165, 1.54) is 72.8 Å². The fourth-order valence-corrected chi connectivity index (χ4v) is 11.3. The number of aromatic amines is 3. The summed E-state index contributed by atoms with van der Waals surface area (Å²) in [5.74, 6) is -5.56. The number of anilines is 3. The summed E-state index contributed by atoms with van der Waals surface area (Å²) in [6.07, 6.45) is 3.47. The van der Waals surface area contributed by atoms with E-state index in [1.54, 1.807) is 18.6 Å². The number of carbonyl (C=O) groups is 7. The van der Waals surface area contributed by atoms with Crippen molar-refractivity contribution in [3.8, 4) is 0 Å². The first-order valence-corrected chi connectivity index (χ1v) is 30.6. The zero-order valence-electron chi connectivity index (χ0n) is 50.6. The van der Waals surface area contributed by atoms with Crippen LogP contribution in [0.3, 0.4) is 0 Å². The van der Waals surface area contributed by atoms with Crippen LogP contribution in [-0.4, -0.2) is 100 Å². The van der Waals surface area contributed by atoms with Crippen LogP contribution in [0.2, 0.25) is 0 Å². The highest BCUT2D eigenvalue weighted by atomic mass is 19.4. The van der Waals surface area contributed by atoms with Crippen LogP contribution >= 0.6 is 0 Å². The third-order valence-electron chi connectivity index (χ3n) is 16.0. The Kier molecular flexibility index (Phi) is 22.4. The van der Waals surface area contributed by atoms with Crippen LogP contribution in [0.25, 0.3) is 32.7 Å². The summed E-state index contributed by atoms with van der Waals surface area (Å²) in [6.45, 7) is 1.05. The molecule has 0 saturated heterocycles. The predicted molar refractivity (Wildman–Crippen MR) is 348 cm³/mol. The molecule has 0 unspecified atom stereocenters. The van der Waals surface area contributed by atoms with Crippen LogP contribution < -0.4 is 49.1 Å². The summed E-state index contributed by atoms with van der Waals surface area (Å²) in [7, 11) is 0. The first kappa shape index (κ1) is 66.3. The molecular formula is C69H75F3N12O8. The van der Waals surface area contributed by atoms with Crippen molar-refractivity contribution in [1.82, 2.24) is 30.9 Å². The van der Waals surface area contributed by atoms with Crippen LogP contribution in [0.15, 0.2) is 164 Å². The van der Waals surface area contributed by atoms with E-state index in [-0.39, 0.29) is 72.3 Å². The van der Waals surface area contributed by atoms with Crippen molar-refractivity contribution in [2.45, 2.75) is 107 Å². The molecule has 3 atom stereocenters. The van der Waals surface area contributed by atoms with Gasteiger partial charge in [-0.1, -0.05) is 91.0 Å². The molecule has 0 radical (unpaired) electrons. The number of benzene rings is 6. The normalized spacial score (nSPS) is 12.6. The first-order valence-electron chi connectivity index (χ1n) is 30.6. The number of aromatic nitrogens is 3. The Balaban J connectivity index is 1.01. The summed E-state index contributed by atoms with van der Waals surface area (Å²) in [5, 5.41) is 19.6. The molecule has 480 valence electrons. The van der Waals surface area contributed by atoms with E-state index in [9.17, 15) is 46.7 Å². The third kappa shape index (κ3) is 16.8. The molecule has 3 aromatic heterocycles. The Hall–Kier alpha value is -10.1. The highest BCUT2D eigenvalue weighted by Gasteiger charge is 2.49. The quantitative estimate of drug-likeness (QED) is 0.0111. The number of ether oxygens (including phenoxy) is 1. The fraction of sp³-hybridized carbons (Fsp3) is 0.290. The van der Waals surface area contributed by atoms with Crippen molar-refractivity contribution >= 4 is 91.2 Å². The number of halogens is 3. The topological polar surface area (TPSA) is 326 Å². The smallest absolute Gasteiger partial charge is 0.438 e. The minimum absolute atomic E-state index is 0.0268. The van der Waals surface area contributed by atoms with Gasteiger partial charge in [0.25, 0.3) is 0 Å². The van der Waals surface area contributed by atoms with Gasteiger partial charge in [-0.05, 0) is 149 Å². The summed E-state index contributed by atoms with van der Waals surface area (Å²) in [6, 6.07) is 36.1. The molecule has 0 aliphatic rings. The number of fused-ring (bicyclic) bond motifs is 3. The second-order valence-electron chi connectivity index (χ2n) is 22.6. The lowest BCUT2D eigenvalue weighted by atomic mass is 9.79. The van der Waals surface area contributed by atoms with Crippen molar-refractivity contribution in [1.29, 1.82) is 0 Å². The molecule has 3 heterocycles. The second kappa shape index (κ2) is 31.1.